The van der Waals surface area contributed by atoms with Gasteiger partial charge in [0.05, 0.1) is 6.61 Å². The SMILES string of the molecule is C/C=C/C(=O)O[C@@H]1CO[C@@H](c2ccc(C34CCC(CCC)(CC3)CC4)cc2)CO1. The third-order valence-electron chi connectivity index (χ3n) is 7.49. The molecule has 2 bridgehead atoms. The molecule has 1 aromatic carbocycles. The number of hydrogen-bond donors (Lipinski definition) is 0. The van der Waals surface area contributed by atoms with Crippen LogP contribution in [0.2, 0.25) is 0 Å². The van der Waals surface area contributed by atoms with Crippen molar-refractivity contribution in [2.24, 2.45) is 5.41 Å². The molecule has 0 N–H and O–H groups in total. The van der Waals surface area contributed by atoms with Crippen molar-refractivity contribution in [2.45, 2.75) is 83.0 Å². The average Bonchev–Trinajstić information content (AvgIpc) is 2.76. The van der Waals surface area contributed by atoms with E-state index in [9.17, 15) is 4.79 Å². The maximum Gasteiger partial charge on any atom is 0.332 e. The molecule has 0 unspecified atom stereocenters. The van der Waals surface area contributed by atoms with Gasteiger partial charge < -0.3 is 14.2 Å². The summed E-state index contributed by atoms with van der Waals surface area (Å²) in [5.41, 5.74) is 3.68. The zero-order valence-corrected chi connectivity index (χ0v) is 17.8. The highest BCUT2D eigenvalue weighted by atomic mass is 16.7. The lowest BCUT2D eigenvalue weighted by molar-refractivity contribution is -0.230. The van der Waals surface area contributed by atoms with Crippen molar-refractivity contribution >= 4 is 5.97 Å². The molecule has 4 heteroatoms. The predicted molar refractivity (Wildman–Crippen MR) is 113 cm³/mol. The maximum absolute atomic E-state index is 11.5. The van der Waals surface area contributed by atoms with E-state index in [-0.39, 0.29) is 12.7 Å². The smallest absolute Gasteiger partial charge is 0.332 e. The van der Waals surface area contributed by atoms with Crippen LogP contribution in [-0.4, -0.2) is 25.5 Å². The van der Waals surface area contributed by atoms with Gasteiger partial charge in [-0.3, -0.25) is 0 Å². The molecule has 1 saturated heterocycles. The van der Waals surface area contributed by atoms with Gasteiger partial charge in [-0.05, 0) is 73.8 Å². The summed E-state index contributed by atoms with van der Waals surface area (Å²) in [4.78, 5) is 11.5. The number of hydrogen-bond acceptors (Lipinski definition) is 4. The molecule has 5 rings (SSSR count). The van der Waals surface area contributed by atoms with Gasteiger partial charge >= 0.3 is 5.97 Å². The fourth-order valence-corrected chi connectivity index (χ4v) is 5.70. The normalized spacial score (nSPS) is 34.4. The van der Waals surface area contributed by atoms with Gasteiger partial charge in [-0.2, -0.15) is 0 Å². The van der Waals surface area contributed by atoms with Crippen molar-refractivity contribution in [2.75, 3.05) is 13.2 Å². The Bertz CT molecular complexity index is 703. The quantitative estimate of drug-likeness (QED) is 0.461. The third kappa shape index (κ3) is 4.29. The third-order valence-corrected chi connectivity index (χ3v) is 7.49. The van der Waals surface area contributed by atoms with Crippen LogP contribution in [-0.2, 0) is 24.4 Å². The summed E-state index contributed by atoms with van der Waals surface area (Å²) in [5.74, 6) is -0.397. The minimum atomic E-state index is -0.624. The standard InChI is InChI=1S/C25H34O4/c1-3-5-22(26)29-23-18-27-21(17-28-23)19-6-8-20(9-7-19)25-14-11-24(10-4-2,12-15-25)13-16-25/h3,5-9,21,23H,4,10-18H2,1-2H3/b5-3+/t21-,23-,24?,25?/m1/s1. The van der Waals surface area contributed by atoms with Crippen LogP contribution in [0.1, 0.15) is 82.4 Å². The zero-order valence-electron chi connectivity index (χ0n) is 17.8. The molecular formula is C25H34O4. The number of esters is 1. The van der Waals surface area contributed by atoms with Crippen LogP contribution in [0.25, 0.3) is 0 Å². The summed E-state index contributed by atoms with van der Waals surface area (Å²) >= 11 is 0. The number of allylic oxidation sites excluding steroid dienone is 1. The Labute approximate surface area is 174 Å². The lowest BCUT2D eigenvalue weighted by Gasteiger charge is -2.54. The van der Waals surface area contributed by atoms with Crippen LogP contribution in [0, 0.1) is 5.41 Å². The van der Waals surface area contributed by atoms with E-state index in [0.717, 1.165) is 5.56 Å². The fraction of sp³-hybridized carbons (Fsp3) is 0.640. The van der Waals surface area contributed by atoms with Crippen molar-refractivity contribution in [3.63, 3.8) is 0 Å². The Morgan fingerprint density at radius 3 is 2.31 bits per heavy atom. The molecule has 1 heterocycles. The van der Waals surface area contributed by atoms with Crippen LogP contribution >= 0.6 is 0 Å². The Balaban J connectivity index is 1.34. The molecule has 29 heavy (non-hydrogen) atoms. The lowest BCUT2D eigenvalue weighted by atomic mass is 9.51. The lowest BCUT2D eigenvalue weighted by Crippen LogP contribution is -2.44. The molecule has 0 amide bonds. The Hall–Kier alpha value is -1.65. The number of rotatable bonds is 6. The zero-order chi connectivity index (χ0) is 20.3. The van der Waals surface area contributed by atoms with Crippen molar-refractivity contribution < 1.29 is 19.0 Å². The molecule has 1 aromatic rings. The number of fused-ring (bicyclic) bond motifs is 3. The van der Waals surface area contributed by atoms with Gasteiger partial charge in [0.1, 0.15) is 12.7 Å². The Morgan fingerprint density at radius 2 is 1.76 bits per heavy atom. The largest absolute Gasteiger partial charge is 0.430 e. The molecule has 3 aliphatic carbocycles. The molecule has 158 valence electrons. The first-order chi connectivity index (χ1) is 14.1. The van der Waals surface area contributed by atoms with E-state index in [2.05, 4.69) is 31.2 Å². The minimum Gasteiger partial charge on any atom is -0.430 e. The molecule has 0 spiro atoms. The second-order valence-corrected chi connectivity index (χ2v) is 9.17. The molecule has 2 atom stereocenters. The predicted octanol–water partition coefficient (Wildman–Crippen LogP) is 5.61. The van der Waals surface area contributed by atoms with Gasteiger partial charge in [-0.25, -0.2) is 4.79 Å². The van der Waals surface area contributed by atoms with Crippen LogP contribution in [0.5, 0.6) is 0 Å². The number of carbonyl (C=O) groups excluding carboxylic acids is 1. The van der Waals surface area contributed by atoms with E-state index >= 15 is 0 Å². The first-order valence-electron chi connectivity index (χ1n) is 11.3. The molecule has 4 aliphatic rings. The van der Waals surface area contributed by atoms with E-state index in [1.807, 2.05) is 0 Å². The van der Waals surface area contributed by atoms with E-state index < -0.39 is 12.3 Å². The second-order valence-electron chi connectivity index (χ2n) is 9.17. The van der Waals surface area contributed by atoms with E-state index in [1.165, 1.54) is 63.0 Å². The summed E-state index contributed by atoms with van der Waals surface area (Å²) in [6.45, 7) is 4.77. The van der Waals surface area contributed by atoms with Gasteiger partial charge in [0.2, 0.25) is 6.29 Å². The fourth-order valence-electron chi connectivity index (χ4n) is 5.70. The summed E-state index contributed by atoms with van der Waals surface area (Å²) < 4.78 is 16.8. The summed E-state index contributed by atoms with van der Waals surface area (Å²) in [6.07, 6.45) is 13.3. The highest BCUT2D eigenvalue weighted by molar-refractivity contribution is 5.81. The van der Waals surface area contributed by atoms with Gasteiger partial charge in [-0.1, -0.05) is 43.7 Å². The summed E-state index contributed by atoms with van der Waals surface area (Å²) in [5, 5.41) is 0. The van der Waals surface area contributed by atoms with Gasteiger partial charge in [0.25, 0.3) is 0 Å². The molecule has 0 aromatic heterocycles. The summed E-state index contributed by atoms with van der Waals surface area (Å²) in [7, 11) is 0. The maximum atomic E-state index is 11.5. The second kappa shape index (κ2) is 8.61. The van der Waals surface area contributed by atoms with Crippen LogP contribution in [0.3, 0.4) is 0 Å². The minimum absolute atomic E-state index is 0.104. The van der Waals surface area contributed by atoms with Gasteiger partial charge in [0, 0.05) is 6.08 Å². The molecule has 3 saturated carbocycles. The Morgan fingerprint density at radius 1 is 1.07 bits per heavy atom. The Kier molecular flexibility index (Phi) is 6.12. The molecule has 4 nitrogen and oxygen atoms in total. The van der Waals surface area contributed by atoms with Gasteiger partial charge in [-0.15, -0.1) is 0 Å². The number of benzene rings is 1. The average molecular weight is 399 g/mol. The van der Waals surface area contributed by atoms with Crippen LogP contribution < -0.4 is 0 Å². The molecule has 1 aliphatic heterocycles. The van der Waals surface area contributed by atoms with Crippen LogP contribution in [0.4, 0.5) is 0 Å². The van der Waals surface area contributed by atoms with Crippen molar-refractivity contribution in [3.05, 3.63) is 47.5 Å². The summed E-state index contributed by atoms with van der Waals surface area (Å²) in [6, 6.07) is 9.03. The highest BCUT2D eigenvalue weighted by Gasteiger charge is 2.48. The van der Waals surface area contributed by atoms with E-state index in [1.54, 1.807) is 13.0 Å². The molecular weight excluding hydrogens is 364 g/mol. The van der Waals surface area contributed by atoms with Crippen molar-refractivity contribution in [1.29, 1.82) is 0 Å². The van der Waals surface area contributed by atoms with Crippen molar-refractivity contribution in [3.8, 4) is 0 Å². The van der Waals surface area contributed by atoms with E-state index in [4.69, 9.17) is 14.2 Å². The van der Waals surface area contributed by atoms with Gasteiger partial charge in [0.15, 0.2) is 0 Å². The van der Waals surface area contributed by atoms with Crippen molar-refractivity contribution in [1.82, 2.24) is 0 Å². The number of carbonyl (C=O) groups is 1. The van der Waals surface area contributed by atoms with Crippen LogP contribution in [0.15, 0.2) is 36.4 Å². The molecule has 4 fully saturated rings. The first-order valence-corrected chi connectivity index (χ1v) is 11.3. The van der Waals surface area contributed by atoms with E-state index in [0.29, 0.717) is 17.4 Å². The highest BCUT2D eigenvalue weighted by Crippen LogP contribution is 2.59. The molecule has 0 radical (unpaired) electrons. The number of ether oxygens (including phenoxy) is 3. The topological polar surface area (TPSA) is 44.8 Å². The monoisotopic (exact) mass is 398 g/mol. The first kappa shape index (κ1) is 20.6.